The number of esters is 2. The molecular formula is C14H14N2O7. The van der Waals surface area contributed by atoms with Gasteiger partial charge in [0.25, 0.3) is 11.5 Å². The van der Waals surface area contributed by atoms with Crippen LogP contribution in [-0.4, -0.2) is 29.8 Å². The number of anilines is 1. The minimum atomic E-state index is -1.34. The van der Waals surface area contributed by atoms with Crippen LogP contribution in [-0.2, 0) is 19.1 Å². The summed E-state index contributed by atoms with van der Waals surface area (Å²) in [5.74, 6) is -2.76. The van der Waals surface area contributed by atoms with Crippen LogP contribution in [0.4, 0.5) is 11.4 Å². The summed E-state index contributed by atoms with van der Waals surface area (Å²) >= 11 is 0. The van der Waals surface area contributed by atoms with Crippen molar-refractivity contribution in [2.45, 2.75) is 19.6 Å². The third kappa shape index (κ3) is 3.57. The van der Waals surface area contributed by atoms with Gasteiger partial charge in [0.2, 0.25) is 0 Å². The first-order valence-corrected chi connectivity index (χ1v) is 6.49. The number of nitrogens with one attached hydrogen (secondary N) is 1. The highest BCUT2D eigenvalue weighted by Crippen LogP contribution is 2.29. The molecular weight excluding hydrogens is 308 g/mol. The minimum absolute atomic E-state index is 0.179. The van der Waals surface area contributed by atoms with Crippen LogP contribution >= 0.6 is 0 Å². The minimum Gasteiger partial charge on any atom is -0.495 e. The highest BCUT2D eigenvalue weighted by Gasteiger charge is 2.39. The zero-order chi connectivity index (χ0) is 17.2. The standard InChI is InChI=1S/C14H14N2O7/c1-14(2)22-12(17)9(13(18)23-14)7-15-10-6-8(16(19)20)4-5-11(10)21-3/h4-7,15H,1-3H3. The SMILES string of the molecule is COc1ccc([N+](=O)[O-])cc1NC=C1C(=O)OC(C)(C)OC1=O. The van der Waals surface area contributed by atoms with Crippen molar-refractivity contribution >= 4 is 23.3 Å². The van der Waals surface area contributed by atoms with E-state index in [0.29, 0.717) is 5.75 Å². The number of cyclic esters (lactones) is 2. The number of nitro groups is 1. The van der Waals surface area contributed by atoms with Crippen molar-refractivity contribution in [1.82, 2.24) is 0 Å². The molecule has 1 saturated heterocycles. The van der Waals surface area contributed by atoms with E-state index < -0.39 is 22.6 Å². The first kappa shape index (κ1) is 16.3. The normalized spacial score (nSPS) is 16.2. The van der Waals surface area contributed by atoms with Crippen molar-refractivity contribution in [3.63, 3.8) is 0 Å². The summed E-state index contributed by atoms with van der Waals surface area (Å²) in [4.78, 5) is 33.8. The Morgan fingerprint density at radius 2 is 1.87 bits per heavy atom. The predicted octanol–water partition coefficient (Wildman–Crippen LogP) is 1.74. The molecule has 1 fully saturated rings. The van der Waals surface area contributed by atoms with Crippen molar-refractivity contribution < 1.29 is 28.7 Å². The number of carbonyl (C=O) groups is 2. The van der Waals surface area contributed by atoms with Crippen LogP contribution in [0.25, 0.3) is 0 Å². The maximum Gasteiger partial charge on any atom is 0.350 e. The Hall–Kier alpha value is -3.10. The second-order valence-corrected chi connectivity index (χ2v) is 5.02. The zero-order valence-electron chi connectivity index (χ0n) is 12.6. The molecule has 1 aliphatic heterocycles. The lowest BCUT2D eigenvalue weighted by atomic mass is 10.2. The molecule has 2 rings (SSSR count). The van der Waals surface area contributed by atoms with E-state index in [4.69, 9.17) is 14.2 Å². The van der Waals surface area contributed by atoms with Gasteiger partial charge in [-0.2, -0.15) is 0 Å². The number of nitrogens with zero attached hydrogens (tertiary/aromatic N) is 1. The second-order valence-electron chi connectivity index (χ2n) is 5.02. The quantitative estimate of drug-likeness (QED) is 0.293. The van der Waals surface area contributed by atoms with Crippen molar-refractivity contribution in [3.8, 4) is 5.75 Å². The number of carbonyl (C=O) groups excluding carboxylic acids is 2. The van der Waals surface area contributed by atoms with Crippen LogP contribution in [0.3, 0.4) is 0 Å². The molecule has 0 radical (unpaired) electrons. The Labute approximate surface area is 131 Å². The van der Waals surface area contributed by atoms with Crippen molar-refractivity contribution in [3.05, 3.63) is 40.1 Å². The fourth-order valence-corrected chi connectivity index (χ4v) is 1.85. The smallest absolute Gasteiger partial charge is 0.350 e. The highest BCUT2D eigenvalue weighted by molar-refractivity contribution is 6.15. The molecule has 0 aliphatic carbocycles. The van der Waals surface area contributed by atoms with E-state index in [1.54, 1.807) is 0 Å². The van der Waals surface area contributed by atoms with E-state index >= 15 is 0 Å². The molecule has 1 aromatic carbocycles. The Kier molecular flexibility index (Phi) is 4.21. The molecule has 0 spiro atoms. The van der Waals surface area contributed by atoms with Crippen LogP contribution < -0.4 is 10.1 Å². The first-order chi connectivity index (χ1) is 10.7. The van der Waals surface area contributed by atoms with Gasteiger partial charge in [-0.1, -0.05) is 0 Å². The van der Waals surface area contributed by atoms with Crippen molar-refractivity contribution in [2.24, 2.45) is 0 Å². The Morgan fingerprint density at radius 1 is 1.26 bits per heavy atom. The van der Waals surface area contributed by atoms with Crippen LogP contribution in [0.2, 0.25) is 0 Å². The lowest BCUT2D eigenvalue weighted by Crippen LogP contribution is -2.42. The van der Waals surface area contributed by atoms with E-state index in [9.17, 15) is 19.7 Å². The molecule has 0 unspecified atom stereocenters. The summed E-state index contributed by atoms with van der Waals surface area (Å²) in [7, 11) is 1.38. The van der Waals surface area contributed by atoms with Crippen LogP contribution in [0.15, 0.2) is 30.0 Å². The van der Waals surface area contributed by atoms with E-state index in [0.717, 1.165) is 6.20 Å². The molecule has 0 bridgehead atoms. The van der Waals surface area contributed by atoms with Gasteiger partial charge in [-0.05, 0) is 6.07 Å². The Bertz CT molecular complexity index is 687. The predicted molar refractivity (Wildman–Crippen MR) is 77.6 cm³/mol. The highest BCUT2D eigenvalue weighted by atomic mass is 16.7. The third-order valence-electron chi connectivity index (χ3n) is 2.88. The summed E-state index contributed by atoms with van der Waals surface area (Å²) in [6.45, 7) is 2.85. The Morgan fingerprint density at radius 3 is 2.39 bits per heavy atom. The maximum absolute atomic E-state index is 11.8. The van der Waals surface area contributed by atoms with Gasteiger partial charge in [0.05, 0.1) is 17.7 Å². The molecule has 1 aliphatic rings. The van der Waals surface area contributed by atoms with Gasteiger partial charge in [-0.3, -0.25) is 10.1 Å². The molecule has 1 aromatic rings. The van der Waals surface area contributed by atoms with Gasteiger partial charge in [0.15, 0.2) is 5.57 Å². The van der Waals surface area contributed by atoms with Gasteiger partial charge in [0, 0.05) is 32.2 Å². The van der Waals surface area contributed by atoms with E-state index in [-0.39, 0.29) is 16.9 Å². The number of benzene rings is 1. The summed E-state index contributed by atoms with van der Waals surface area (Å²) in [6, 6.07) is 3.86. The molecule has 0 saturated carbocycles. The number of non-ortho nitro benzene ring substituents is 1. The number of methoxy groups -OCH3 is 1. The molecule has 0 amide bonds. The fraction of sp³-hybridized carbons (Fsp3) is 0.286. The fourth-order valence-electron chi connectivity index (χ4n) is 1.85. The van der Waals surface area contributed by atoms with Gasteiger partial charge in [-0.15, -0.1) is 0 Å². The number of hydrogen-bond donors (Lipinski definition) is 1. The number of hydrogen-bond acceptors (Lipinski definition) is 8. The van der Waals surface area contributed by atoms with E-state index in [1.165, 1.54) is 39.2 Å². The molecule has 0 atom stereocenters. The lowest BCUT2D eigenvalue weighted by Gasteiger charge is -2.29. The van der Waals surface area contributed by atoms with Gasteiger partial charge in [0.1, 0.15) is 5.75 Å². The summed E-state index contributed by atoms with van der Waals surface area (Å²) in [6.07, 6.45) is 1.06. The van der Waals surface area contributed by atoms with E-state index in [2.05, 4.69) is 5.32 Å². The summed E-state index contributed by atoms with van der Waals surface area (Å²) < 4.78 is 14.9. The van der Waals surface area contributed by atoms with Gasteiger partial charge >= 0.3 is 11.9 Å². The number of ether oxygens (including phenoxy) is 3. The zero-order valence-corrected chi connectivity index (χ0v) is 12.6. The van der Waals surface area contributed by atoms with Crippen LogP contribution in [0.5, 0.6) is 5.75 Å². The second kappa shape index (κ2) is 5.95. The average molecular weight is 322 g/mol. The molecule has 1 N–H and O–H groups in total. The topological polar surface area (TPSA) is 117 Å². The molecule has 9 nitrogen and oxygen atoms in total. The molecule has 1 heterocycles. The lowest BCUT2D eigenvalue weighted by molar-refractivity contribution is -0.384. The largest absolute Gasteiger partial charge is 0.495 e. The first-order valence-electron chi connectivity index (χ1n) is 6.49. The van der Waals surface area contributed by atoms with Crippen molar-refractivity contribution in [2.75, 3.05) is 12.4 Å². The summed E-state index contributed by atoms with van der Waals surface area (Å²) in [5, 5.41) is 13.4. The monoisotopic (exact) mass is 322 g/mol. The van der Waals surface area contributed by atoms with Crippen LogP contribution in [0, 0.1) is 10.1 Å². The molecule has 122 valence electrons. The molecule has 9 heteroatoms. The molecule has 23 heavy (non-hydrogen) atoms. The maximum atomic E-state index is 11.8. The summed E-state index contributed by atoms with van der Waals surface area (Å²) in [5.41, 5.74) is -0.334. The third-order valence-corrected chi connectivity index (χ3v) is 2.88. The van der Waals surface area contributed by atoms with Gasteiger partial charge < -0.3 is 19.5 Å². The average Bonchev–Trinajstić information content (AvgIpc) is 2.44. The van der Waals surface area contributed by atoms with Gasteiger partial charge in [-0.25, -0.2) is 9.59 Å². The van der Waals surface area contributed by atoms with E-state index in [1.807, 2.05) is 0 Å². The van der Waals surface area contributed by atoms with Crippen LogP contribution in [0.1, 0.15) is 13.8 Å². The van der Waals surface area contributed by atoms with Crippen molar-refractivity contribution in [1.29, 1.82) is 0 Å². The number of nitro benzene ring substituents is 1. The number of rotatable bonds is 4. The Balaban J connectivity index is 2.29. The molecule has 0 aromatic heterocycles.